The first-order valence-corrected chi connectivity index (χ1v) is 9.42. The molecule has 6 nitrogen and oxygen atoms in total. The number of carbonyl (C=O) groups excluding carboxylic acids is 2. The molecule has 1 aromatic heterocycles. The molecular weight excluding hydrogens is 318 g/mol. The second-order valence-electron chi connectivity index (χ2n) is 6.71. The molecule has 1 aromatic rings. The number of nitrogens with zero attached hydrogens (tertiary/aromatic N) is 1. The lowest BCUT2D eigenvalue weighted by molar-refractivity contribution is -0.130. The van der Waals surface area contributed by atoms with E-state index >= 15 is 0 Å². The molecule has 1 aliphatic rings. The first kappa shape index (κ1) is 19.5. The van der Waals surface area contributed by atoms with Crippen LogP contribution in [0.2, 0.25) is 0 Å². The van der Waals surface area contributed by atoms with Crippen molar-refractivity contribution in [3.05, 3.63) is 24.2 Å². The van der Waals surface area contributed by atoms with E-state index < -0.39 is 6.04 Å². The molecule has 1 aliphatic carbocycles. The number of rotatable bonds is 9. The van der Waals surface area contributed by atoms with Crippen molar-refractivity contribution in [2.45, 2.75) is 58.5 Å². The topological polar surface area (TPSA) is 74.6 Å². The van der Waals surface area contributed by atoms with Crippen LogP contribution in [-0.4, -0.2) is 42.4 Å². The molecular formula is C19H31N3O3. The normalized spacial score (nSPS) is 17.4. The minimum atomic E-state index is -0.526. The quantitative estimate of drug-likeness (QED) is 0.718. The second kappa shape index (κ2) is 9.61. The lowest BCUT2D eigenvalue weighted by Crippen LogP contribution is -2.48. The van der Waals surface area contributed by atoms with Gasteiger partial charge in [0, 0.05) is 12.5 Å². The summed E-state index contributed by atoms with van der Waals surface area (Å²) in [6.45, 7) is 8.11. The molecule has 0 aromatic carbocycles. The molecule has 2 atom stereocenters. The van der Waals surface area contributed by atoms with Crippen LogP contribution in [0.25, 0.3) is 0 Å². The van der Waals surface area contributed by atoms with Gasteiger partial charge in [-0.3, -0.25) is 14.5 Å². The zero-order valence-corrected chi connectivity index (χ0v) is 15.6. The summed E-state index contributed by atoms with van der Waals surface area (Å²) in [6.07, 6.45) is 5.73. The van der Waals surface area contributed by atoms with Gasteiger partial charge in [-0.1, -0.05) is 26.7 Å². The molecule has 1 fully saturated rings. The van der Waals surface area contributed by atoms with Crippen LogP contribution in [0.4, 0.5) is 0 Å². The summed E-state index contributed by atoms with van der Waals surface area (Å²) in [5, 5.41) is 5.81. The fourth-order valence-corrected chi connectivity index (χ4v) is 3.49. The van der Waals surface area contributed by atoms with E-state index in [0.29, 0.717) is 6.54 Å². The molecule has 0 bridgehead atoms. The number of carbonyl (C=O) groups is 2. The van der Waals surface area contributed by atoms with Crippen molar-refractivity contribution in [2.75, 3.05) is 19.6 Å². The highest BCUT2D eigenvalue weighted by Crippen LogP contribution is 2.24. The van der Waals surface area contributed by atoms with Crippen LogP contribution in [0, 0.1) is 5.92 Å². The van der Waals surface area contributed by atoms with Crippen LogP contribution in [0.15, 0.2) is 22.8 Å². The fourth-order valence-electron chi connectivity index (χ4n) is 3.49. The maximum atomic E-state index is 12.4. The van der Waals surface area contributed by atoms with Gasteiger partial charge in [0.25, 0.3) is 0 Å². The highest BCUT2D eigenvalue weighted by atomic mass is 16.3. The number of hydrogen-bond acceptors (Lipinski definition) is 4. The van der Waals surface area contributed by atoms with Crippen LogP contribution in [0.5, 0.6) is 0 Å². The molecule has 1 heterocycles. The maximum Gasteiger partial charge on any atom is 0.242 e. The Bertz CT molecular complexity index is 534. The zero-order chi connectivity index (χ0) is 18.2. The van der Waals surface area contributed by atoms with E-state index in [1.54, 1.807) is 13.2 Å². The average Bonchev–Trinajstić information content (AvgIpc) is 3.31. The van der Waals surface area contributed by atoms with Crippen molar-refractivity contribution >= 4 is 11.8 Å². The second-order valence-corrected chi connectivity index (χ2v) is 6.71. The Morgan fingerprint density at radius 3 is 2.52 bits per heavy atom. The van der Waals surface area contributed by atoms with Gasteiger partial charge >= 0.3 is 0 Å². The number of hydrogen-bond donors (Lipinski definition) is 2. The van der Waals surface area contributed by atoms with Gasteiger partial charge in [0.2, 0.25) is 11.8 Å². The van der Waals surface area contributed by atoms with E-state index in [4.69, 9.17) is 4.42 Å². The molecule has 6 heteroatoms. The van der Waals surface area contributed by atoms with Gasteiger partial charge in [-0.15, -0.1) is 0 Å². The number of furan rings is 1. The Labute approximate surface area is 150 Å². The minimum Gasteiger partial charge on any atom is -0.468 e. The predicted molar refractivity (Wildman–Crippen MR) is 96.9 cm³/mol. The SMILES string of the molecule is CCN(CC)C(CNC(=O)C(C)NC(=O)C1CCCC1)c1ccco1. The Kier molecular flexibility index (Phi) is 7.50. The molecule has 0 saturated heterocycles. The van der Waals surface area contributed by atoms with E-state index in [1.165, 1.54) is 0 Å². The molecule has 0 radical (unpaired) electrons. The third-order valence-corrected chi connectivity index (χ3v) is 5.07. The van der Waals surface area contributed by atoms with E-state index in [9.17, 15) is 9.59 Å². The molecule has 2 rings (SSSR count). The van der Waals surface area contributed by atoms with Gasteiger partial charge in [-0.25, -0.2) is 0 Å². The van der Waals surface area contributed by atoms with Crippen molar-refractivity contribution in [2.24, 2.45) is 5.92 Å². The highest BCUT2D eigenvalue weighted by molar-refractivity contribution is 5.88. The van der Waals surface area contributed by atoms with Gasteiger partial charge in [0.1, 0.15) is 11.8 Å². The van der Waals surface area contributed by atoms with E-state index in [2.05, 4.69) is 29.4 Å². The van der Waals surface area contributed by atoms with Crippen molar-refractivity contribution in [3.63, 3.8) is 0 Å². The first-order chi connectivity index (χ1) is 12.1. The van der Waals surface area contributed by atoms with Crippen LogP contribution in [0.3, 0.4) is 0 Å². The summed E-state index contributed by atoms with van der Waals surface area (Å²) in [5.41, 5.74) is 0. The van der Waals surface area contributed by atoms with E-state index in [0.717, 1.165) is 44.5 Å². The first-order valence-electron chi connectivity index (χ1n) is 9.42. The van der Waals surface area contributed by atoms with Crippen molar-refractivity contribution in [3.8, 4) is 0 Å². The summed E-state index contributed by atoms with van der Waals surface area (Å²) < 4.78 is 5.54. The predicted octanol–water partition coefficient (Wildman–Crippen LogP) is 2.47. The minimum absolute atomic E-state index is 0.00600. The largest absolute Gasteiger partial charge is 0.468 e. The van der Waals surface area contributed by atoms with Gasteiger partial charge < -0.3 is 15.1 Å². The molecule has 2 N–H and O–H groups in total. The van der Waals surface area contributed by atoms with E-state index in [1.807, 2.05) is 12.1 Å². The lowest BCUT2D eigenvalue weighted by Gasteiger charge is -2.28. The molecule has 1 saturated carbocycles. The third kappa shape index (κ3) is 5.33. The average molecular weight is 349 g/mol. The van der Waals surface area contributed by atoms with Crippen molar-refractivity contribution in [1.82, 2.24) is 15.5 Å². The van der Waals surface area contributed by atoms with Gasteiger partial charge in [-0.2, -0.15) is 0 Å². The Balaban J connectivity index is 1.88. The zero-order valence-electron chi connectivity index (χ0n) is 15.6. The monoisotopic (exact) mass is 349 g/mol. The number of amides is 2. The Morgan fingerprint density at radius 1 is 1.28 bits per heavy atom. The molecule has 0 aliphatic heterocycles. The molecule has 2 unspecified atom stereocenters. The standard InChI is InChI=1S/C19H31N3O3/c1-4-22(5-2)16(17-11-8-12-25-17)13-20-18(23)14(3)21-19(24)15-9-6-7-10-15/h8,11-12,14-16H,4-7,9-10,13H2,1-3H3,(H,20,23)(H,21,24). The lowest BCUT2D eigenvalue weighted by atomic mass is 10.1. The summed E-state index contributed by atoms with van der Waals surface area (Å²) in [7, 11) is 0. The molecule has 140 valence electrons. The van der Waals surface area contributed by atoms with Gasteiger partial charge in [0.05, 0.1) is 12.3 Å². The highest BCUT2D eigenvalue weighted by Gasteiger charge is 2.26. The van der Waals surface area contributed by atoms with Crippen LogP contribution in [0.1, 0.15) is 58.3 Å². The summed E-state index contributed by atoms with van der Waals surface area (Å²) in [5.74, 6) is 0.759. The van der Waals surface area contributed by atoms with Gasteiger partial charge in [-0.05, 0) is 45.0 Å². The summed E-state index contributed by atoms with van der Waals surface area (Å²) in [4.78, 5) is 26.8. The number of likely N-dealkylation sites (N-methyl/N-ethyl adjacent to an activating group) is 1. The van der Waals surface area contributed by atoms with Gasteiger partial charge in [0.15, 0.2) is 0 Å². The summed E-state index contributed by atoms with van der Waals surface area (Å²) in [6, 6.07) is 3.26. The van der Waals surface area contributed by atoms with Crippen LogP contribution in [-0.2, 0) is 9.59 Å². The smallest absolute Gasteiger partial charge is 0.242 e. The Hall–Kier alpha value is -1.82. The fraction of sp³-hybridized carbons (Fsp3) is 0.684. The third-order valence-electron chi connectivity index (χ3n) is 5.07. The molecule has 2 amide bonds. The molecule has 0 spiro atoms. The number of nitrogens with one attached hydrogen (secondary N) is 2. The van der Waals surface area contributed by atoms with Crippen LogP contribution < -0.4 is 10.6 Å². The van der Waals surface area contributed by atoms with Crippen molar-refractivity contribution < 1.29 is 14.0 Å². The van der Waals surface area contributed by atoms with Crippen LogP contribution >= 0.6 is 0 Å². The van der Waals surface area contributed by atoms with Crippen molar-refractivity contribution in [1.29, 1.82) is 0 Å². The Morgan fingerprint density at radius 2 is 1.96 bits per heavy atom. The maximum absolute atomic E-state index is 12.4. The molecule has 25 heavy (non-hydrogen) atoms. The summed E-state index contributed by atoms with van der Waals surface area (Å²) >= 11 is 0. The van der Waals surface area contributed by atoms with E-state index in [-0.39, 0.29) is 23.8 Å².